The van der Waals surface area contributed by atoms with E-state index in [1.807, 2.05) is 4.83 Å². The summed E-state index contributed by atoms with van der Waals surface area (Å²) in [6.07, 6.45) is 0. The zero-order valence-electron chi connectivity index (χ0n) is 14.7. The van der Waals surface area contributed by atoms with Crippen molar-refractivity contribution in [2.75, 3.05) is 0 Å². The van der Waals surface area contributed by atoms with E-state index in [1.165, 1.54) is 6.07 Å². The number of nitrogens with zero attached hydrogens (tertiary/aromatic N) is 4. The fourth-order valence-electron chi connectivity index (χ4n) is 2.39. The van der Waals surface area contributed by atoms with Gasteiger partial charge in [0.05, 0.1) is 15.1 Å². The van der Waals surface area contributed by atoms with Gasteiger partial charge in [0.25, 0.3) is 15.9 Å². The van der Waals surface area contributed by atoms with Gasteiger partial charge in [0.15, 0.2) is 0 Å². The highest BCUT2D eigenvalue weighted by Crippen LogP contribution is 2.31. The molecule has 0 aliphatic carbocycles. The van der Waals surface area contributed by atoms with Crippen LogP contribution in [0.4, 0.5) is 0 Å². The van der Waals surface area contributed by atoms with Crippen molar-refractivity contribution in [3.8, 4) is 11.4 Å². The quantitative estimate of drug-likeness (QED) is 0.529. The molecule has 29 heavy (non-hydrogen) atoms. The Labute approximate surface area is 181 Å². The summed E-state index contributed by atoms with van der Waals surface area (Å²) in [6, 6.07) is 9.57. The molecule has 0 aliphatic rings. The Morgan fingerprint density at radius 3 is 2.52 bits per heavy atom. The van der Waals surface area contributed by atoms with E-state index in [-0.39, 0.29) is 20.8 Å². The topological polar surface area (TPSA) is 119 Å². The predicted molar refractivity (Wildman–Crippen MR) is 108 cm³/mol. The summed E-state index contributed by atoms with van der Waals surface area (Å²) in [4.78, 5) is 14.9. The number of sulfonamides is 1. The predicted octanol–water partition coefficient (Wildman–Crippen LogP) is 2.62. The Kier molecular flexibility index (Phi) is 6.39. The van der Waals surface area contributed by atoms with Crippen molar-refractivity contribution >= 4 is 50.7 Å². The SMILES string of the molecule is Cc1cccc(Cl)c1S(=O)(=O)NNC(=O)Cn1nnc(-c2cccc(Cl)c2Cl)n1. The molecular formula is C16H13Cl3N6O3S. The number of aromatic nitrogens is 4. The summed E-state index contributed by atoms with van der Waals surface area (Å²) < 4.78 is 24.8. The normalized spacial score (nSPS) is 11.4. The van der Waals surface area contributed by atoms with Gasteiger partial charge in [-0.3, -0.25) is 10.2 Å². The molecule has 13 heteroatoms. The molecule has 0 fully saturated rings. The molecule has 1 amide bonds. The standard InChI is InChI=1S/C16H13Cl3N6O3S/c1-9-4-2-7-12(18)15(9)29(27,28)24-20-13(26)8-25-22-16(21-23-25)10-5-3-6-11(17)14(10)19/h2-7,24H,8H2,1H3,(H,20,26). The maximum absolute atomic E-state index is 12.4. The fraction of sp³-hybridized carbons (Fsp3) is 0.125. The highest BCUT2D eigenvalue weighted by Gasteiger charge is 2.21. The van der Waals surface area contributed by atoms with E-state index in [2.05, 4.69) is 20.8 Å². The van der Waals surface area contributed by atoms with E-state index < -0.39 is 22.5 Å². The van der Waals surface area contributed by atoms with Gasteiger partial charge in [-0.25, -0.2) is 8.42 Å². The van der Waals surface area contributed by atoms with Gasteiger partial charge in [0, 0.05) is 5.56 Å². The Balaban J connectivity index is 1.68. The van der Waals surface area contributed by atoms with Gasteiger partial charge in [0.1, 0.15) is 11.4 Å². The third kappa shape index (κ3) is 4.85. The van der Waals surface area contributed by atoms with E-state index >= 15 is 0 Å². The van der Waals surface area contributed by atoms with E-state index in [0.29, 0.717) is 16.1 Å². The number of benzene rings is 2. The Morgan fingerprint density at radius 1 is 1.10 bits per heavy atom. The highest BCUT2D eigenvalue weighted by molar-refractivity contribution is 7.89. The third-order valence-corrected chi connectivity index (χ3v) is 6.38. The second-order valence-electron chi connectivity index (χ2n) is 5.78. The maximum atomic E-state index is 12.4. The largest absolute Gasteiger partial charge is 0.276 e. The maximum Gasteiger partial charge on any atom is 0.259 e. The molecule has 0 spiro atoms. The summed E-state index contributed by atoms with van der Waals surface area (Å²) >= 11 is 18.0. The van der Waals surface area contributed by atoms with Crippen LogP contribution < -0.4 is 10.3 Å². The first-order valence-electron chi connectivity index (χ1n) is 7.97. The van der Waals surface area contributed by atoms with Crippen molar-refractivity contribution in [1.82, 2.24) is 30.5 Å². The summed E-state index contributed by atoms with van der Waals surface area (Å²) in [5.74, 6) is -0.558. The molecular weight excluding hydrogens is 463 g/mol. The second kappa shape index (κ2) is 8.64. The molecule has 1 heterocycles. The number of hydrogen-bond donors (Lipinski definition) is 2. The van der Waals surface area contributed by atoms with Gasteiger partial charge in [0.2, 0.25) is 5.82 Å². The average molecular weight is 476 g/mol. The van der Waals surface area contributed by atoms with Crippen LogP contribution in [-0.2, 0) is 21.4 Å². The monoisotopic (exact) mass is 474 g/mol. The lowest BCUT2D eigenvalue weighted by molar-refractivity contribution is -0.122. The number of nitrogens with one attached hydrogen (secondary N) is 2. The van der Waals surface area contributed by atoms with E-state index in [4.69, 9.17) is 34.8 Å². The number of amides is 1. The summed E-state index contributed by atoms with van der Waals surface area (Å²) in [6.45, 7) is 1.19. The zero-order chi connectivity index (χ0) is 21.2. The third-order valence-electron chi connectivity index (χ3n) is 3.69. The van der Waals surface area contributed by atoms with Crippen molar-refractivity contribution in [2.24, 2.45) is 0 Å². The van der Waals surface area contributed by atoms with Crippen LogP contribution in [0, 0.1) is 6.92 Å². The van der Waals surface area contributed by atoms with Crippen molar-refractivity contribution in [3.63, 3.8) is 0 Å². The smallest absolute Gasteiger partial charge is 0.259 e. The summed E-state index contributed by atoms with van der Waals surface area (Å²) in [5, 5.41) is 12.2. The van der Waals surface area contributed by atoms with Gasteiger partial charge < -0.3 is 0 Å². The molecule has 3 aromatic rings. The lowest BCUT2D eigenvalue weighted by Crippen LogP contribution is -2.43. The molecule has 0 saturated carbocycles. The van der Waals surface area contributed by atoms with E-state index in [9.17, 15) is 13.2 Å². The summed E-state index contributed by atoms with van der Waals surface area (Å²) in [7, 11) is -4.07. The lowest BCUT2D eigenvalue weighted by Gasteiger charge is -2.11. The molecule has 0 radical (unpaired) electrons. The first-order valence-corrected chi connectivity index (χ1v) is 10.6. The second-order valence-corrected chi connectivity index (χ2v) is 8.60. The zero-order valence-corrected chi connectivity index (χ0v) is 17.8. The first kappa shape index (κ1) is 21.5. The Hall–Kier alpha value is -2.24. The minimum absolute atomic E-state index is 0.0349. The van der Waals surface area contributed by atoms with Crippen molar-refractivity contribution < 1.29 is 13.2 Å². The molecule has 1 aromatic heterocycles. The van der Waals surface area contributed by atoms with Crippen LogP contribution in [0.1, 0.15) is 5.56 Å². The van der Waals surface area contributed by atoms with Gasteiger partial charge in [-0.2, -0.15) is 4.80 Å². The number of carbonyl (C=O) groups excluding carboxylic acids is 1. The molecule has 0 aliphatic heterocycles. The Morgan fingerprint density at radius 2 is 1.79 bits per heavy atom. The molecule has 2 aromatic carbocycles. The number of tetrazole rings is 1. The van der Waals surface area contributed by atoms with Gasteiger partial charge >= 0.3 is 0 Å². The van der Waals surface area contributed by atoms with Crippen LogP contribution in [0.5, 0.6) is 0 Å². The number of carbonyl (C=O) groups is 1. The van der Waals surface area contributed by atoms with Gasteiger partial charge in [-0.15, -0.1) is 15.0 Å². The molecule has 2 N–H and O–H groups in total. The molecule has 3 rings (SSSR count). The number of rotatable bonds is 6. The van der Waals surface area contributed by atoms with Crippen LogP contribution in [0.3, 0.4) is 0 Å². The first-order chi connectivity index (χ1) is 13.7. The minimum Gasteiger partial charge on any atom is -0.276 e. The Bertz CT molecular complexity index is 1160. The average Bonchev–Trinajstić information content (AvgIpc) is 3.10. The molecule has 9 nitrogen and oxygen atoms in total. The molecule has 152 valence electrons. The van der Waals surface area contributed by atoms with Crippen molar-refractivity contribution in [3.05, 3.63) is 57.0 Å². The molecule has 0 saturated heterocycles. The lowest BCUT2D eigenvalue weighted by atomic mass is 10.2. The van der Waals surface area contributed by atoms with Crippen molar-refractivity contribution in [1.29, 1.82) is 0 Å². The minimum atomic E-state index is -4.07. The van der Waals surface area contributed by atoms with Crippen molar-refractivity contribution in [2.45, 2.75) is 18.4 Å². The van der Waals surface area contributed by atoms with Crippen LogP contribution in [0.2, 0.25) is 15.1 Å². The molecule has 0 unspecified atom stereocenters. The number of hydrogen-bond acceptors (Lipinski definition) is 6. The summed E-state index contributed by atoms with van der Waals surface area (Å²) in [5.41, 5.74) is 2.96. The molecule has 0 atom stereocenters. The number of aryl methyl sites for hydroxylation is 1. The highest BCUT2D eigenvalue weighted by atomic mass is 35.5. The van der Waals surface area contributed by atoms with E-state index in [0.717, 1.165) is 4.80 Å². The van der Waals surface area contributed by atoms with E-state index in [1.54, 1.807) is 37.3 Å². The van der Waals surface area contributed by atoms with Gasteiger partial charge in [-0.05, 0) is 35.9 Å². The molecule has 0 bridgehead atoms. The van der Waals surface area contributed by atoms with Crippen LogP contribution >= 0.6 is 34.8 Å². The number of hydrazine groups is 1. The van der Waals surface area contributed by atoms with Gasteiger partial charge in [-0.1, -0.05) is 53.0 Å². The number of halogens is 3. The van der Waals surface area contributed by atoms with Crippen LogP contribution in [-0.4, -0.2) is 34.5 Å². The fourth-order valence-corrected chi connectivity index (χ4v) is 4.47. The van der Waals surface area contributed by atoms with Crippen LogP contribution in [0.25, 0.3) is 11.4 Å². The van der Waals surface area contributed by atoms with Crippen LogP contribution in [0.15, 0.2) is 41.3 Å².